The second-order valence-electron chi connectivity index (χ2n) is 5.20. The van der Waals surface area contributed by atoms with Crippen molar-refractivity contribution in [1.82, 2.24) is 9.78 Å². The minimum atomic E-state index is -0.760. The summed E-state index contributed by atoms with van der Waals surface area (Å²) in [5, 5.41) is 17.0. The zero-order valence-corrected chi connectivity index (χ0v) is 12.5. The maximum atomic E-state index is 12.0. The molecule has 7 nitrogen and oxygen atoms in total. The normalized spacial score (nSPS) is 16.7. The summed E-state index contributed by atoms with van der Waals surface area (Å²) in [5.74, 6) is -0.582. The molecule has 1 heterocycles. The van der Waals surface area contributed by atoms with Crippen LogP contribution in [0.2, 0.25) is 5.02 Å². The van der Waals surface area contributed by atoms with Gasteiger partial charge in [-0.2, -0.15) is 5.10 Å². The van der Waals surface area contributed by atoms with Crippen molar-refractivity contribution in [3.8, 4) is 0 Å². The van der Waals surface area contributed by atoms with E-state index >= 15 is 0 Å². The second kappa shape index (κ2) is 6.44. The van der Waals surface area contributed by atoms with Gasteiger partial charge in [0, 0.05) is 6.54 Å². The molecule has 0 aliphatic heterocycles. The van der Waals surface area contributed by atoms with Gasteiger partial charge in [0.2, 0.25) is 0 Å². The number of halogens is 1. The number of esters is 1. The lowest BCUT2D eigenvalue weighted by Gasteiger charge is -2.23. The van der Waals surface area contributed by atoms with E-state index in [1.54, 1.807) is 0 Å². The third kappa shape index (κ3) is 3.74. The molecule has 0 atom stereocenters. The van der Waals surface area contributed by atoms with Crippen LogP contribution in [0.4, 0.5) is 5.69 Å². The van der Waals surface area contributed by atoms with E-state index in [1.807, 2.05) is 0 Å². The largest absolute Gasteiger partial charge is 0.468 e. The highest BCUT2D eigenvalue weighted by atomic mass is 35.5. The van der Waals surface area contributed by atoms with Crippen LogP contribution in [0.1, 0.15) is 25.7 Å². The van der Waals surface area contributed by atoms with E-state index in [1.165, 1.54) is 13.3 Å². The average Bonchev–Trinajstić information content (AvgIpc) is 2.90. The molecule has 8 heteroatoms. The van der Waals surface area contributed by atoms with Gasteiger partial charge in [-0.25, -0.2) is 4.68 Å². The Morgan fingerprint density at radius 2 is 2.24 bits per heavy atom. The molecule has 0 unspecified atom stereocenters. The highest BCUT2D eigenvalue weighted by Gasteiger charge is 2.31. The van der Waals surface area contributed by atoms with Gasteiger partial charge in [-0.1, -0.05) is 24.4 Å². The highest BCUT2D eigenvalue weighted by Crippen LogP contribution is 2.30. The van der Waals surface area contributed by atoms with E-state index in [0.29, 0.717) is 12.2 Å². The number of nitrogens with one attached hydrogen (secondary N) is 1. The van der Waals surface area contributed by atoms with E-state index in [4.69, 9.17) is 11.6 Å². The Morgan fingerprint density at radius 3 is 2.86 bits per heavy atom. The van der Waals surface area contributed by atoms with Gasteiger partial charge in [-0.3, -0.25) is 9.59 Å². The number of anilines is 1. The fourth-order valence-corrected chi connectivity index (χ4v) is 2.57. The first-order chi connectivity index (χ1) is 9.95. The third-order valence-corrected chi connectivity index (χ3v) is 4.00. The third-order valence-electron chi connectivity index (χ3n) is 3.63. The fourth-order valence-electron chi connectivity index (χ4n) is 2.36. The van der Waals surface area contributed by atoms with Crippen molar-refractivity contribution in [3.63, 3.8) is 0 Å². The molecule has 0 aromatic carbocycles. The van der Waals surface area contributed by atoms with E-state index in [2.05, 4.69) is 15.2 Å². The zero-order chi connectivity index (χ0) is 15.5. The van der Waals surface area contributed by atoms with Crippen molar-refractivity contribution in [2.45, 2.75) is 37.8 Å². The first-order valence-electron chi connectivity index (χ1n) is 6.74. The summed E-state index contributed by atoms with van der Waals surface area (Å²) in [7, 11) is 1.23. The van der Waals surface area contributed by atoms with Gasteiger partial charge in [0.25, 0.3) is 5.56 Å². The number of hydrogen-bond donors (Lipinski definition) is 2. The van der Waals surface area contributed by atoms with Gasteiger partial charge in [0.15, 0.2) is 0 Å². The molecule has 1 aliphatic rings. The van der Waals surface area contributed by atoms with E-state index in [9.17, 15) is 14.7 Å². The number of carbonyl (C=O) groups excluding carboxylic acids is 1. The summed E-state index contributed by atoms with van der Waals surface area (Å²) in [5.41, 5.74) is -0.988. The molecule has 21 heavy (non-hydrogen) atoms. The monoisotopic (exact) mass is 315 g/mol. The smallest absolute Gasteiger partial charge is 0.327 e. The van der Waals surface area contributed by atoms with Crippen LogP contribution < -0.4 is 10.9 Å². The van der Waals surface area contributed by atoms with Crippen LogP contribution in [-0.2, 0) is 16.1 Å². The van der Waals surface area contributed by atoms with Gasteiger partial charge in [-0.15, -0.1) is 0 Å². The van der Waals surface area contributed by atoms with Crippen molar-refractivity contribution in [1.29, 1.82) is 0 Å². The van der Waals surface area contributed by atoms with Crippen molar-refractivity contribution in [2.75, 3.05) is 19.0 Å². The van der Waals surface area contributed by atoms with E-state index in [0.717, 1.165) is 30.4 Å². The number of aromatic nitrogens is 2. The van der Waals surface area contributed by atoms with Crippen LogP contribution in [0.3, 0.4) is 0 Å². The van der Waals surface area contributed by atoms with Crippen molar-refractivity contribution in [2.24, 2.45) is 0 Å². The fraction of sp³-hybridized carbons (Fsp3) is 0.615. The molecule has 1 aliphatic carbocycles. The number of hydrogen-bond acceptors (Lipinski definition) is 6. The van der Waals surface area contributed by atoms with Gasteiger partial charge < -0.3 is 15.2 Å². The van der Waals surface area contributed by atoms with Gasteiger partial charge in [-0.05, 0) is 12.8 Å². The SMILES string of the molecule is COC(=O)Cn1ncc(NCC2(O)CCCC2)c(Cl)c1=O. The van der Waals surface area contributed by atoms with Gasteiger partial charge in [0.1, 0.15) is 11.6 Å². The molecular weight excluding hydrogens is 298 g/mol. The average molecular weight is 316 g/mol. The van der Waals surface area contributed by atoms with Crippen LogP contribution in [0.25, 0.3) is 0 Å². The number of ether oxygens (including phenoxy) is 1. The van der Waals surface area contributed by atoms with Gasteiger partial charge >= 0.3 is 5.97 Å². The van der Waals surface area contributed by atoms with Crippen molar-refractivity contribution >= 4 is 23.3 Å². The van der Waals surface area contributed by atoms with Crippen LogP contribution in [0.15, 0.2) is 11.0 Å². The number of methoxy groups -OCH3 is 1. The number of nitrogens with zero attached hydrogens (tertiary/aromatic N) is 2. The van der Waals surface area contributed by atoms with E-state index < -0.39 is 17.1 Å². The van der Waals surface area contributed by atoms with E-state index in [-0.39, 0.29) is 11.6 Å². The van der Waals surface area contributed by atoms with Crippen LogP contribution in [-0.4, -0.2) is 40.1 Å². The maximum absolute atomic E-state index is 12.0. The summed E-state index contributed by atoms with van der Waals surface area (Å²) >= 11 is 5.99. The molecule has 0 bridgehead atoms. The topological polar surface area (TPSA) is 93.5 Å². The quantitative estimate of drug-likeness (QED) is 0.780. The van der Waals surface area contributed by atoms with Crippen molar-refractivity contribution in [3.05, 3.63) is 21.6 Å². The first-order valence-corrected chi connectivity index (χ1v) is 7.12. The molecule has 116 valence electrons. The Bertz CT molecular complexity index is 581. The molecule has 2 rings (SSSR count). The predicted octanol–water partition coefficient (Wildman–Crippen LogP) is 0.787. The molecule has 1 aromatic rings. The highest BCUT2D eigenvalue weighted by molar-refractivity contribution is 6.32. The zero-order valence-electron chi connectivity index (χ0n) is 11.8. The van der Waals surface area contributed by atoms with Crippen molar-refractivity contribution < 1.29 is 14.6 Å². The molecule has 1 fully saturated rings. The first kappa shape index (κ1) is 15.8. The molecule has 1 aromatic heterocycles. The minimum absolute atomic E-state index is 0.0597. The van der Waals surface area contributed by atoms with Crippen LogP contribution in [0.5, 0.6) is 0 Å². The second-order valence-corrected chi connectivity index (χ2v) is 5.57. The Morgan fingerprint density at radius 1 is 1.57 bits per heavy atom. The van der Waals surface area contributed by atoms with Crippen LogP contribution in [0, 0.1) is 0 Å². The van der Waals surface area contributed by atoms with Gasteiger partial charge in [0.05, 0.1) is 24.6 Å². The molecule has 0 spiro atoms. The Hall–Kier alpha value is -1.60. The molecule has 1 saturated carbocycles. The predicted molar refractivity (Wildman–Crippen MR) is 77.4 cm³/mol. The lowest BCUT2D eigenvalue weighted by atomic mass is 10.0. The lowest BCUT2D eigenvalue weighted by Crippen LogP contribution is -2.34. The molecule has 0 radical (unpaired) electrons. The Kier molecular flexibility index (Phi) is 4.84. The molecule has 2 N–H and O–H groups in total. The molecule has 0 amide bonds. The number of rotatable bonds is 5. The maximum Gasteiger partial charge on any atom is 0.327 e. The van der Waals surface area contributed by atoms with Crippen LogP contribution >= 0.6 is 11.6 Å². The minimum Gasteiger partial charge on any atom is -0.468 e. The summed E-state index contributed by atoms with van der Waals surface area (Å²) in [6, 6.07) is 0. The summed E-state index contributed by atoms with van der Waals surface area (Å²) in [6.45, 7) is 0.0220. The Balaban J connectivity index is 2.09. The molecular formula is C13H18ClN3O4. The summed E-state index contributed by atoms with van der Waals surface area (Å²) in [4.78, 5) is 23.1. The summed E-state index contributed by atoms with van der Waals surface area (Å²) < 4.78 is 5.41. The lowest BCUT2D eigenvalue weighted by molar-refractivity contribution is -0.141. The number of aliphatic hydroxyl groups is 1. The molecule has 0 saturated heterocycles. The Labute approximate surface area is 126 Å². The standard InChI is InChI=1S/C13H18ClN3O4/c1-21-10(18)7-17-12(19)11(14)9(6-16-17)15-8-13(20)4-2-3-5-13/h6,15,20H,2-5,7-8H2,1H3. The number of carbonyl (C=O) groups is 1. The summed E-state index contributed by atoms with van der Waals surface area (Å²) in [6.07, 6.45) is 4.80.